The van der Waals surface area contributed by atoms with Gasteiger partial charge in [-0.25, -0.2) is 0 Å². The van der Waals surface area contributed by atoms with Crippen LogP contribution in [0.2, 0.25) is 10.0 Å². The number of carbonyl (C=O) groups excluding carboxylic acids is 1. The van der Waals surface area contributed by atoms with Crippen LogP contribution in [0.15, 0.2) is 42.5 Å². The highest BCUT2D eigenvalue weighted by Gasteiger charge is 2.47. The fourth-order valence-corrected chi connectivity index (χ4v) is 3.61. The summed E-state index contributed by atoms with van der Waals surface area (Å²) in [5.74, 6) is 0.579. The summed E-state index contributed by atoms with van der Waals surface area (Å²) < 4.78 is 5.30. The standard InChI is InChI=1S/C18H17Cl2NO2/c1-23-16-6-3-2-5-15(16)21-17(22)18(9-4-10-18)13-8-7-12(19)11-14(13)20/h2-3,5-8,11H,4,9-10H2,1H3,(H,21,22). The molecule has 0 radical (unpaired) electrons. The van der Waals surface area contributed by atoms with Gasteiger partial charge in [0.05, 0.1) is 18.2 Å². The van der Waals surface area contributed by atoms with Crippen molar-refractivity contribution in [1.82, 2.24) is 0 Å². The predicted octanol–water partition coefficient (Wildman–Crippen LogP) is 5.06. The van der Waals surface area contributed by atoms with E-state index in [1.54, 1.807) is 19.2 Å². The number of hydrogen-bond donors (Lipinski definition) is 1. The van der Waals surface area contributed by atoms with Gasteiger partial charge in [0.15, 0.2) is 0 Å². The number of methoxy groups -OCH3 is 1. The average Bonchev–Trinajstić information content (AvgIpc) is 2.49. The van der Waals surface area contributed by atoms with Crippen molar-refractivity contribution >= 4 is 34.8 Å². The molecule has 1 fully saturated rings. The van der Waals surface area contributed by atoms with Gasteiger partial charge in [-0.1, -0.05) is 47.8 Å². The number of anilines is 1. The fraction of sp³-hybridized carbons (Fsp3) is 0.278. The van der Waals surface area contributed by atoms with Crippen LogP contribution in [0.3, 0.4) is 0 Å². The number of benzene rings is 2. The van der Waals surface area contributed by atoms with E-state index in [0.717, 1.165) is 24.8 Å². The van der Waals surface area contributed by atoms with Crippen LogP contribution >= 0.6 is 23.2 Å². The van der Waals surface area contributed by atoms with Crippen molar-refractivity contribution in [2.45, 2.75) is 24.7 Å². The fourth-order valence-electron chi connectivity index (χ4n) is 3.02. The molecule has 0 aromatic heterocycles. The second kappa shape index (κ2) is 6.42. The second-order valence-electron chi connectivity index (χ2n) is 5.71. The lowest BCUT2D eigenvalue weighted by Crippen LogP contribution is -2.46. The lowest BCUT2D eigenvalue weighted by Gasteiger charge is -2.41. The van der Waals surface area contributed by atoms with Crippen LogP contribution in [0.4, 0.5) is 5.69 Å². The first kappa shape index (κ1) is 16.2. The highest BCUT2D eigenvalue weighted by molar-refractivity contribution is 6.35. The molecule has 0 spiro atoms. The number of nitrogens with one attached hydrogen (secondary N) is 1. The molecule has 120 valence electrons. The van der Waals surface area contributed by atoms with Gasteiger partial charge in [0.1, 0.15) is 5.75 Å². The van der Waals surface area contributed by atoms with Crippen LogP contribution in [0.1, 0.15) is 24.8 Å². The lowest BCUT2D eigenvalue weighted by atomic mass is 9.63. The van der Waals surface area contributed by atoms with Gasteiger partial charge in [0.25, 0.3) is 0 Å². The van der Waals surface area contributed by atoms with E-state index in [4.69, 9.17) is 27.9 Å². The molecule has 5 heteroatoms. The Labute approximate surface area is 145 Å². The van der Waals surface area contributed by atoms with Crippen molar-refractivity contribution in [3.8, 4) is 5.75 Å². The predicted molar refractivity (Wildman–Crippen MR) is 93.6 cm³/mol. The number of rotatable bonds is 4. The highest BCUT2D eigenvalue weighted by atomic mass is 35.5. The summed E-state index contributed by atoms with van der Waals surface area (Å²) in [6.45, 7) is 0. The molecule has 0 unspecified atom stereocenters. The Hall–Kier alpha value is -1.71. The van der Waals surface area contributed by atoms with Crippen LogP contribution in [-0.4, -0.2) is 13.0 Å². The number of carbonyl (C=O) groups is 1. The van der Waals surface area contributed by atoms with Gasteiger partial charge in [-0.2, -0.15) is 0 Å². The molecule has 2 aromatic carbocycles. The highest BCUT2D eigenvalue weighted by Crippen LogP contribution is 2.47. The molecule has 0 atom stereocenters. The van der Waals surface area contributed by atoms with Gasteiger partial charge in [-0.15, -0.1) is 0 Å². The molecule has 3 rings (SSSR count). The first-order chi connectivity index (χ1) is 11.1. The van der Waals surface area contributed by atoms with Gasteiger partial charge in [-0.05, 0) is 42.7 Å². The van der Waals surface area contributed by atoms with Crippen molar-refractivity contribution in [1.29, 1.82) is 0 Å². The minimum atomic E-state index is -0.595. The normalized spacial score (nSPS) is 15.6. The molecular weight excluding hydrogens is 333 g/mol. The third kappa shape index (κ3) is 2.91. The van der Waals surface area contributed by atoms with Gasteiger partial charge < -0.3 is 10.1 Å². The first-order valence-electron chi connectivity index (χ1n) is 7.47. The van der Waals surface area contributed by atoms with Crippen LogP contribution in [-0.2, 0) is 10.2 Å². The Kier molecular flexibility index (Phi) is 4.51. The molecule has 1 aliphatic carbocycles. The summed E-state index contributed by atoms with van der Waals surface area (Å²) in [7, 11) is 1.58. The summed E-state index contributed by atoms with van der Waals surface area (Å²) in [6, 6.07) is 12.7. The molecule has 3 nitrogen and oxygen atoms in total. The molecule has 0 saturated heterocycles. The van der Waals surface area contributed by atoms with Crippen molar-refractivity contribution in [2.24, 2.45) is 0 Å². The molecule has 0 bridgehead atoms. The summed E-state index contributed by atoms with van der Waals surface area (Å²) in [6.07, 6.45) is 2.54. The lowest BCUT2D eigenvalue weighted by molar-refractivity contribution is -0.124. The number of amides is 1. The van der Waals surface area contributed by atoms with Crippen LogP contribution in [0.5, 0.6) is 5.75 Å². The van der Waals surface area contributed by atoms with E-state index >= 15 is 0 Å². The van der Waals surface area contributed by atoms with Crippen LogP contribution < -0.4 is 10.1 Å². The molecule has 0 heterocycles. The average molecular weight is 350 g/mol. The number of para-hydroxylation sites is 2. The van der Waals surface area contributed by atoms with E-state index < -0.39 is 5.41 Å². The van der Waals surface area contributed by atoms with Gasteiger partial charge >= 0.3 is 0 Å². The number of ether oxygens (including phenoxy) is 1. The Morgan fingerprint density at radius 2 is 1.91 bits per heavy atom. The number of hydrogen-bond acceptors (Lipinski definition) is 2. The third-order valence-corrected chi connectivity index (χ3v) is 4.99. The van der Waals surface area contributed by atoms with E-state index in [1.807, 2.05) is 30.3 Å². The molecule has 2 aromatic rings. The third-order valence-electron chi connectivity index (χ3n) is 4.44. The minimum absolute atomic E-state index is 0.0579. The SMILES string of the molecule is COc1ccccc1NC(=O)C1(c2ccc(Cl)cc2Cl)CCC1. The summed E-state index contributed by atoms with van der Waals surface area (Å²) >= 11 is 12.3. The molecule has 1 saturated carbocycles. The number of halogens is 2. The van der Waals surface area contributed by atoms with Gasteiger partial charge in [-0.3, -0.25) is 4.79 Å². The summed E-state index contributed by atoms with van der Waals surface area (Å²) in [4.78, 5) is 13.0. The zero-order chi connectivity index (χ0) is 16.4. The topological polar surface area (TPSA) is 38.3 Å². The molecule has 23 heavy (non-hydrogen) atoms. The maximum atomic E-state index is 13.0. The maximum Gasteiger partial charge on any atom is 0.235 e. The van der Waals surface area contributed by atoms with Crippen molar-refractivity contribution in [3.63, 3.8) is 0 Å². The largest absolute Gasteiger partial charge is 0.495 e. The maximum absolute atomic E-state index is 13.0. The van der Waals surface area contributed by atoms with E-state index in [-0.39, 0.29) is 5.91 Å². The van der Waals surface area contributed by atoms with E-state index in [9.17, 15) is 4.79 Å². The van der Waals surface area contributed by atoms with E-state index in [1.165, 1.54) is 0 Å². The Morgan fingerprint density at radius 3 is 2.52 bits per heavy atom. The van der Waals surface area contributed by atoms with E-state index in [2.05, 4.69) is 5.32 Å². The monoisotopic (exact) mass is 349 g/mol. The zero-order valence-electron chi connectivity index (χ0n) is 12.7. The molecule has 0 aliphatic heterocycles. The van der Waals surface area contributed by atoms with Crippen molar-refractivity contribution in [2.75, 3.05) is 12.4 Å². The van der Waals surface area contributed by atoms with Gasteiger partial charge in [0.2, 0.25) is 5.91 Å². The molecule has 1 N–H and O–H groups in total. The molecular formula is C18H17Cl2NO2. The molecule has 1 aliphatic rings. The Morgan fingerprint density at radius 1 is 1.17 bits per heavy atom. The summed E-state index contributed by atoms with van der Waals surface area (Å²) in [5, 5.41) is 4.09. The Balaban J connectivity index is 1.92. The second-order valence-corrected chi connectivity index (χ2v) is 6.56. The van der Waals surface area contributed by atoms with Crippen molar-refractivity contribution in [3.05, 3.63) is 58.1 Å². The smallest absolute Gasteiger partial charge is 0.235 e. The quantitative estimate of drug-likeness (QED) is 0.837. The minimum Gasteiger partial charge on any atom is -0.495 e. The zero-order valence-corrected chi connectivity index (χ0v) is 14.2. The molecule has 1 amide bonds. The van der Waals surface area contributed by atoms with Crippen LogP contribution in [0, 0.1) is 0 Å². The Bertz CT molecular complexity index is 742. The van der Waals surface area contributed by atoms with E-state index in [0.29, 0.717) is 21.5 Å². The van der Waals surface area contributed by atoms with Gasteiger partial charge in [0, 0.05) is 10.0 Å². The first-order valence-corrected chi connectivity index (χ1v) is 8.22. The van der Waals surface area contributed by atoms with Crippen LogP contribution in [0.25, 0.3) is 0 Å². The summed E-state index contributed by atoms with van der Waals surface area (Å²) in [5.41, 5.74) is 0.904. The van der Waals surface area contributed by atoms with Crippen molar-refractivity contribution < 1.29 is 9.53 Å².